The van der Waals surface area contributed by atoms with E-state index in [0.717, 1.165) is 9.35 Å². The Hall–Kier alpha value is -1.11. The summed E-state index contributed by atoms with van der Waals surface area (Å²) in [4.78, 5) is 17.7. The first-order valence-corrected chi connectivity index (χ1v) is 4.63. The molecule has 0 aliphatic carbocycles. The van der Waals surface area contributed by atoms with Crippen LogP contribution in [0, 0.1) is 3.83 Å². The highest BCUT2D eigenvalue weighted by Crippen LogP contribution is 2.14. The molecule has 4 nitrogen and oxygen atoms in total. The number of carboxylic acid groups (broad SMARTS) is 1. The topological polar surface area (TPSA) is 66.0 Å². The second-order valence-electron chi connectivity index (χ2n) is 2.56. The maximum absolute atomic E-state index is 10.6. The zero-order chi connectivity index (χ0) is 9.42. The van der Waals surface area contributed by atoms with Crippen molar-refractivity contribution in [3.05, 3.63) is 27.6 Å². The largest absolute Gasteiger partial charge is 0.478 e. The number of aromatic carboxylic acids is 1. The van der Waals surface area contributed by atoms with E-state index in [9.17, 15) is 4.79 Å². The van der Waals surface area contributed by atoms with Crippen LogP contribution >= 0.6 is 22.6 Å². The van der Waals surface area contributed by atoms with Crippen LogP contribution in [0.25, 0.3) is 11.0 Å². The Morgan fingerprint density at radius 3 is 3.00 bits per heavy atom. The van der Waals surface area contributed by atoms with Gasteiger partial charge in [0.25, 0.3) is 0 Å². The fraction of sp³-hybridized carbons (Fsp3) is 0. The number of carboxylic acids is 1. The predicted octanol–water partition coefficient (Wildman–Crippen LogP) is 1.87. The normalized spacial score (nSPS) is 10.5. The number of nitrogens with one attached hydrogen (secondary N) is 1. The minimum atomic E-state index is -0.931. The number of H-pyrrole nitrogens is 1. The fourth-order valence-electron chi connectivity index (χ4n) is 1.11. The average molecular weight is 288 g/mol. The molecule has 0 fully saturated rings. The number of fused-ring (bicyclic) bond motifs is 1. The molecule has 1 aromatic heterocycles. The van der Waals surface area contributed by atoms with Gasteiger partial charge in [0.15, 0.2) is 3.83 Å². The molecule has 0 saturated carbocycles. The molecular weight excluding hydrogens is 283 g/mol. The number of carbonyl (C=O) groups is 1. The lowest BCUT2D eigenvalue weighted by Crippen LogP contribution is -1.94. The van der Waals surface area contributed by atoms with Crippen molar-refractivity contribution in [3.63, 3.8) is 0 Å². The molecule has 2 N–H and O–H groups in total. The lowest BCUT2D eigenvalue weighted by atomic mass is 10.2. The number of imidazole rings is 1. The van der Waals surface area contributed by atoms with Gasteiger partial charge in [-0.1, -0.05) is 0 Å². The number of benzene rings is 1. The molecule has 0 unspecified atom stereocenters. The van der Waals surface area contributed by atoms with Crippen LogP contribution in [0.4, 0.5) is 0 Å². The summed E-state index contributed by atoms with van der Waals surface area (Å²) in [6.07, 6.45) is 0. The zero-order valence-corrected chi connectivity index (χ0v) is 8.57. The summed E-state index contributed by atoms with van der Waals surface area (Å²) in [7, 11) is 0. The van der Waals surface area contributed by atoms with E-state index in [4.69, 9.17) is 5.11 Å². The molecule has 0 atom stereocenters. The van der Waals surface area contributed by atoms with Crippen molar-refractivity contribution in [1.82, 2.24) is 9.97 Å². The van der Waals surface area contributed by atoms with Gasteiger partial charge in [-0.05, 0) is 40.8 Å². The SMILES string of the molecule is O=C(O)c1ccc2[nH]c(I)nc2c1. The van der Waals surface area contributed by atoms with Crippen LogP contribution in [0.2, 0.25) is 0 Å². The first-order valence-electron chi connectivity index (χ1n) is 3.55. The Labute approximate surface area is 87.1 Å². The van der Waals surface area contributed by atoms with Crippen LogP contribution in [-0.2, 0) is 0 Å². The third-order valence-electron chi connectivity index (χ3n) is 1.70. The highest BCUT2D eigenvalue weighted by atomic mass is 127. The minimum Gasteiger partial charge on any atom is -0.478 e. The maximum Gasteiger partial charge on any atom is 0.335 e. The summed E-state index contributed by atoms with van der Waals surface area (Å²) >= 11 is 2.05. The number of halogens is 1. The molecule has 66 valence electrons. The zero-order valence-electron chi connectivity index (χ0n) is 6.41. The molecule has 1 aromatic carbocycles. The van der Waals surface area contributed by atoms with Gasteiger partial charge in [-0.3, -0.25) is 0 Å². The monoisotopic (exact) mass is 288 g/mol. The molecule has 0 radical (unpaired) electrons. The predicted molar refractivity (Wildman–Crippen MR) is 55.8 cm³/mol. The van der Waals surface area contributed by atoms with Gasteiger partial charge in [0, 0.05) is 0 Å². The molecular formula is C8H5IN2O2. The van der Waals surface area contributed by atoms with E-state index in [2.05, 4.69) is 9.97 Å². The second-order valence-corrected chi connectivity index (χ2v) is 3.59. The summed E-state index contributed by atoms with van der Waals surface area (Å²) in [6, 6.07) is 4.82. The number of aromatic amines is 1. The molecule has 5 heteroatoms. The number of hydrogen-bond donors (Lipinski definition) is 2. The van der Waals surface area contributed by atoms with Gasteiger partial charge in [0.05, 0.1) is 16.6 Å². The summed E-state index contributed by atoms with van der Waals surface area (Å²) in [5.41, 5.74) is 1.80. The Balaban J connectivity index is 2.67. The van der Waals surface area contributed by atoms with Gasteiger partial charge in [0.2, 0.25) is 0 Å². The molecule has 0 spiro atoms. The summed E-state index contributed by atoms with van der Waals surface area (Å²) < 4.78 is 0.759. The number of hydrogen-bond acceptors (Lipinski definition) is 2. The van der Waals surface area contributed by atoms with Crippen LogP contribution in [0.5, 0.6) is 0 Å². The summed E-state index contributed by atoms with van der Waals surface area (Å²) in [5, 5.41) is 8.71. The van der Waals surface area contributed by atoms with Crippen molar-refractivity contribution < 1.29 is 9.90 Å². The molecule has 0 bridgehead atoms. The lowest BCUT2D eigenvalue weighted by Gasteiger charge is -1.92. The molecule has 2 rings (SSSR count). The highest BCUT2D eigenvalue weighted by Gasteiger charge is 2.05. The fourth-order valence-corrected chi connectivity index (χ4v) is 1.66. The van der Waals surface area contributed by atoms with E-state index in [1.165, 1.54) is 0 Å². The van der Waals surface area contributed by atoms with Crippen LogP contribution < -0.4 is 0 Å². The van der Waals surface area contributed by atoms with Crippen molar-refractivity contribution in [1.29, 1.82) is 0 Å². The van der Waals surface area contributed by atoms with E-state index in [1.807, 2.05) is 22.6 Å². The standard InChI is InChI=1S/C8H5IN2O2/c9-8-10-5-2-1-4(7(12)13)3-6(5)11-8/h1-3H,(H,10,11)(H,12,13). The van der Waals surface area contributed by atoms with Crippen LogP contribution in [0.15, 0.2) is 18.2 Å². The summed E-state index contributed by atoms with van der Waals surface area (Å²) in [5.74, 6) is -0.931. The van der Waals surface area contributed by atoms with E-state index in [-0.39, 0.29) is 5.56 Å². The molecule has 0 aliphatic heterocycles. The maximum atomic E-state index is 10.6. The molecule has 0 saturated heterocycles. The van der Waals surface area contributed by atoms with Gasteiger partial charge in [-0.25, -0.2) is 9.78 Å². The van der Waals surface area contributed by atoms with Crippen LogP contribution in [0.3, 0.4) is 0 Å². The van der Waals surface area contributed by atoms with Crippen LogP contribution in [0.1, 0.15) is 10.4 Å². The van der Waals surface area contributed by atoms with Crippen molar-refractivity contribution >= 4 is 39.6 Å². The van der Waals surface area contributed by atoms with E-state index >= 15 is 0 Å². The first kappa shape index (κ1) is 8.49. The van der Waals surface area contributed by atoms with Crippen molar-refractivity contribution in [2.75, 3.05) is 0 Å². The Kier molecular flexibility index (Phi) is 1.95. The highest BCUT2D eigenvalue weighted by molar-refractivity contribution is 14.1. The lowest BCUT2D eigenvalue weighted by molar-refractivity contribution is 0.0697. The molecule has 1 heterocycles. The Morgan fingerprint density at radius 1 is 1.54 bits per heavy atom. The quantitative estimate of drug-likeness (QED) is 0.787. The van der Waals surface area contributed by atoms with Gasteiger partial charge >= 0.3 is 5.97 Å². The number of rotatable bonds is 1. The van der Waals surface area contributed by atoms with Gasteiger partial charge < -0.3 is 10.1 Å². The van der Waals surface area contributed by atoms with Gasteiger partial charge in [-0.2, -0.15) is 0 Å². The first-order chi connectivity index (χ1) is 6.16. The van der Waals surface area contributed by atoms with E-state index in [0.29, 0.717) is 5.52 Å². The number of nitrogens with zero attached hydrogens (tertiary/aromatic N) is 1. The Morgan fingerprint density at radius 2 is 2.31 bits per heavy atom. The minimum absolute atomic E-state index is 0.260. The summed E-state index contributed by atoms with van der Waals surface area (Å²) in [6.45, 7) is 0. The van der Waals surface area contributed by atoms with Crippen LogP contribution in [-0.4, -0.2) is 21.0 Å². The molecule has 0 aliphatic rings. The van der Waals surface area contributed by atoms with E-state index < -0.39 is 5.97 Å². The van der Waals surface area contributed by atoms with Crippen molar-refractivity contribution in [2.24, 2.45) is 0 Å². The third-order valence-corrected chi connectivity index (χ3v) is 2.21. The van der Waals surface area contributed by atoms with E-state index in [1.54, 1.807) is 18.2 Å². The third kappa shape index (κ3) is 1.51. The average Bonchev–Trinajstić information content (AvgIpc) is 2.42. The van der Waals surface area contributed by atoms with Gasteiger partial charge in [0.1, 0.15) is 0 Å². The molecule has 13 heavy (non-hydrogen) atoms. The van der Waals surface area contributed by atoms with Crippen molar-refractivity contribution in [3.8, 4) is 0 Å². The van der Waals surface area contributed by atoms with Crippen molar-refractivity contribution in [2.45, 2.75) is 0 Å². The molecule has 2 aromatic rings. The Bertz CT molecular complexity index is 478. The smallest absolute Gasteiger partial charge is 0.335 e. The number of aromatic nitrogens is 2. The second kappa shape index (κ2) is 2.99. The molecule has 0 amide bonds. The van der Waals surface area contributed by atoms with Gasteiger partial charge in [-0.15, -0.1) is 0 Å².